The lowest BCUT2D eigenvalue weighted by molar-refractivity contribution is 0.229. The van der Waals surface area contributed by atoms with Gasteiger partial charge >= 0.3 is 0 Å². The molecule has 0 aliphatic heterocycles. The molecule has 3 N–H and O–H groups in total. The Morgan fingerprint density at radius 2 is 1.79 bits per heavy atom. The van der Waals surface area contributed by atoms with Gasteiger partial charge in [0.2, 0.25) is 5.95 Å². The zero-order valence-electron chi connectivity index (χ0n) is 19.3. The fourth-order valence-electron chi connectivity index (χ4n) is 5.12. The maximum atomic E-state index is 9.62. The Labute approximate surface area is 203 Å². The summed E-state index contributed by atoms with van der Waals surface area (Å²) in [5, 5.41) is 17.9. The molecule has 2 aromatic heterocycles. The van der Waals surface area contributed by atoms with Crippen molar-refractivity contribution >= 4 is 33.3 Å². The summed E-state index contributed by atoms with van der Waals surface area (Å²) in [5.74, 6) is 1.85. The lowest BCUT2D eigenvalue weighted by Crippen LogP contribution is -2.23. The van der Waals surface area contributed by atoms with E-state index in [1.54, 1.807) is 11.3 Å². The Hall–Kier alpha value is -3.03. The number of rotatable bonds is 7. The SMILES string of the molecule is Cc1nc(NC2(c3ccccc3)CC2)nc(NC2CCC(CO)C2)c1-c1nc2ccccc2s1. The van der Waals surface area contributed by atoms with Gasteiger partial charge in [-0.3, -0.25) is 0 Å². The molecular formula is C27H29N5OS. The second kappa shape index (κ2) is 8.64. The number of fused-ring (bicyclic) bond motifs is 1. The van der Waals surface area contributed by atoms with Crippen molar-refractivity contribution in [1.82, 2.24) is 15.0 Å². The van der Waals surface area contributed by atoms with Gasteiger partial charge in [0.05, 0.1) is 27.0 Å². The van der Waals surface area contributed by atoms with Crippen molar-refractivity contribution in [3.05, 3.63) is 65.9 Å². The standard InChI is InChI=1S/C27H29N5OS/c1-17-23(25-30-21-9-5-6-10-22(21)34-25)24(29-20-12-11-18(15-20)16-33)31-26(28-17)32-27(13-14-27)19-7-3-2-4-8-19/h2-10,18,20,33H,11-16H2,1H3,(H2,28,29,31,32). The third-order valence-corrected chi connectivity index (χ3v) is 8.22. The van der Waals surface area contributed by atoms with E-state index in [0.29, 0.717) is 11.9 Å². The van der Waals surface area contributed by atoms with E-state index in [9.17, 15) is 5.11 Å². The number of aromatic nitrogens is 3. The second-order valence-corrected chi connectivity index (χ2v) is 10.6. The van der Waals surface area contributed by atoms with Crippen molar-refractivity contribution in [2.75, 3.05) is 17.2 Å². The maximum absolute atomic E-state index is 9.62. The Bertz CT molecular complexity index is 1280. The van der Waals surface area contributed by atoms with Crippen LogP contribution < -0.4 is 10.6 Å². The van der Waals surface area contributed by atoms with Gasteiger partial charge in [0.25, 0.3) is 0 Å². The Morgan fingerprint density at radius 3 is 2.53 bits per heavy atom. The number of aliphatic hydroxyl groups excluding tert-OH is 1. The Morgan fingerprint density at radius 1 is 1.00 bits per heavy atom. The number of nitrogens with one attached hydrogen (secondary N) is 2. The highest BCUT2D eigenvalue weighted by atomic mass is 32.1. The molecule has 2 aliphatic rings. The summed E-state index contributed by atoms with van der Waals surface area (Å²) in [6, 6.07) is 19.1. The Kier molecular flexibility index (Phi) is 5.46. The van der Waals surface area contributed by atoms with Gasteiger partial charge < -0.3 is 15.7 Å². The van der Waals surface area contributed by atoms with Crippen LogP contribution in [0.1, 0.15) is 43.4 Å². The van der Waals surface area contributed by atoms with Crippen LogP contribution in [-0.2, 0) is 5.54 Å². The molecule has 2 heterocycles. The van der Waals surface area contributed by atoms with Gasteiger partial charge in [0.15, 0.2) is 0 Å². The summed E-state index contributed by atoms with van der Waals surface area (Å²) < 4.78 is 1.16. The number of nitrogens with zero attached hydrogens (tertiary/aromatic N) is 3. The molecule has 2 atom stereocenters. The summed E-state index contributed by atoms with van der Waals surface area (Å²) in [4.78, 5) is 14.8. The number of thiazole rings is 1. The first-order valence-electron chi connectivity index (χ1n) is 12.1. The summed E-state index contributed by atoms with van der Waals surface area (Å²) in [6.45, 7) is 2.30. The van der Waals surface area contributed by atoms with E-state index in [0.717, 1.165) is 64.4 Å². The molecule has 0 saturated heterocycles. The normalized spacial score (nSPS) is 21.0. The quantitative estimate of drug-likeness (QED) is 0.319. The minimum absolute atomic E-state index is 0.0856. The van der Waals surface area contributed by atoms with Crippen LogP contribution in [0, 0.1) is 12.8 Å². The molecule has 174 valence electrons. The summed E-state index contributed by atoms with van der Waals surface area (Å²) >= 11 is 1.68. The third kappa shape index (κ3) is 4.03. The smallest absolute Gasteiger partial charge is 0.225 e. The highest BCUT2D eigenvalue weighted by Crippen LogP contribution is 2.48. The molecule has 2 aromatic carbocycles. The predicted molar refractivity (Wildman–Crippen MR) is 138 cm³/mol. The molecule has 6 nitrogen and oxygen atoms in total. The minimum Gasteiger partial charge on any atom is -0.396 e. The van der Waals surface area contributed by atoms with E-state index in [4.69, 9.17) is 15.0 Å². The van der Waals surface area contributed by atoms with E-state index < -0.39 is 0 Å². The van der Waals surface area contributed by atoms with Gasteiger partial charge in [-0.05, 0) is 62.6 Å². The second-order valence-electron chi connectivity index (χ2n) is 9.62. The molecule has 2 unspecified atom stereocenters. The first kappa shape index (κ1) is 21.5. The van der Waals surface area contributed by atoms with Gasteiger partial charge in [-0.25, -0.2) is 9.97 Å². The molecular weight excluding hydrogens is 442 g/mol. The van der Waals surface area contributed by atoms with Crippen LogP contribution in [0.5, 0.6) is 0 Å². The topological polar surface area (TPSA) is 83.0 Å². The average molecular weight is 472 g/mol. The molecule has 2 fully saturated rings. The zero-order valence-corrected chi connectivity index (χ0v) is 20.1. The number of aliphatic hydroxyl groups is 1. The van der Waals surface area contributed by atoms with Gasteiger partial charge in [-0.15, -0.1) is 11.3 Å². The largest absolute Gasteiger partial charge is 0.396 e. The molecule has 2 saturated carbocycles. The molecule has 0 radical (unpaired) electrons. The van der Waals surface area contributed by atoms with Crippen molar-refractivity contribution in [2.45, 2.75) is 50.6 Å². The van der Waals surface area contributed by atoms with E-state index in [2.05, 4.69) is 47.0 Å². The highest BCUT2D eigenvalue weighted by Gasteiger charge is 2.45. The number of aryl methyl sites for hydroxylation is 1. The van der Waals surface area contributed by atoms with Crippen LogP contribution in [0.15, 0.2) is 54.6 Å². The van der Waals surface area contributed by atoms with Crippen molar-refractivity contribution in [2.24, 2.45) is 5.92 Å². The van der Waals surface area contributed by atoms with E-state index in [1.165, 1.54) is 5.56 Å². The van der Waals surface area contributed by atoms with E-state index in [-0.39, 0.29) is 18.2 Å². The van der Waals surface area contributed by atoms with Crippen LogP contribution in [0.4, 0.5) is 11.8 Å². The number of hydrogen-bond acceptors (Lipinski definition) is 7. The fraction of sp³-hybridized carbons (Fsp3) is 0.370. The molecule has 6 rings (SSSR count). The lowest BCUT2D eigenvalue weighted by atomic mass is 10.1. The van der Waals surface area contributed by atoms with Crippen molar-refractivity contribution < 1.29 is 5.11 Å². The first-order valence-corrected chi connectivity index (χ1v) is 12.9. The Balaban J connectivity index is 1.38. The fourth-order valence-corrected chi connectivity index (χ4v) is 6.18. The number of hydrogen-bond donors (Lipinski definition) is 3. The van der Waals surface area contributed by atoms with Crippen molar-refractivity contribution in [3.63, 3.8) is 0 Å². The highest BCUT2D eigenvalue weighted by molar-refractivity contribution is 7.21. The lowest BCUT2D eigenvalue weighted by Gasteiger charge is -2.21. The van der Waals surface area contributed by atoms with Crippen LogP contribution in [0.2, 0.25) is 0 Å². The number of benzene rings is 2. The molecule has 34 heavy (non-hydrogen) atoms. The molecule has 0 amide bonds. The zero-order chi connectivity index (χ0) is 23.1. The summed E-state index contributed by atoms with van der Waals surface area (Å²) in [6.07, 6.45) is 5.17. The summed E-state index contributed by atoms with van der Waals surface area (Å²) in [7, 11) is 0. The van der Waals surface area contributed by atoms with Crippen LogP contribution in [0.25, 0.3) is 20.8 Å². The predicted octanol–water partition coefficient (Wildman–Crippen LogP) is 5.74. The maximum Gasteiger partial charge on any atom is 0.225 e. The van der Waals surface area contributed by atoms with Crippen LogP contribution in [-0.4, -0.2) is 32.7 Å². The summed E-state index contributed by atoms with van der Waals surface area (Å²) in [5.41, 5.74) is 4.08. The minimum atomic E-state index is -0.0856. The molecule has 4 aromatic rings. The van der Waals surface area contributed by atoms with Crippen LogP contribution >= 0.6 is 11.3 Å². The van der Waals surface area contributed by atoms with Gasteiger partial charge in [0.1, 0.15) is 10.8 Å². The van der Waals surface area contributed by atoms with E-state index in [1.807, 2.05) is 25.1 Å². The monoisotopic (exact) mass is 471 g/mol. The average Bonchev–Trinajstić information content (AvgIpc) is 3.28. The molecule has 0 spiro atoms. The van der Waals surface area contributed by atoms with Crippen molar-refractivity contribution in [3.8, 4) is 10.6 Å². The number of para-hydroxylation sites is 1. The van der Waals surface area contributed by atoms with Gasteiger partial charge in [0, 0.05) is 12.6 Å². The molecule has 7 heteroatoms. The van der Waals surface area contributed by atoms with Crippen molar-refractivity contribution in [1.29, 1.82) is 0 Å². The van der Waals surface area contributed by atoms with Crippen LogP contribution in [0.3, 0.4) is 0 Å². The molecule has 2 aliphatic carbocycles. The van der Waals surface area contributed by atoms with E-state index >= 15 is 0 Å². The number of anilines is 2. The molecule has 0 bridgehead atoms. The van der Waals surface area contributed by atoms with Gasteiger partial charge in [-0.1, -0.05) is 42.5 Å². The first-order chi connectivity index (χ1) is 16.6. The third-order valence-electron chi connectivity index (χ3n) is 7.17. The van der Waals surface area contributed by atoms with Gasteiger partial charge in [-0.2, -0.15) is 4.98 Å².